The normalized spacial score (nSPS) is 13.8. The minimum Gasteiger partial charge on any atom is -0.489 e. The number of anilines is 2. The van der Waals surface area contributed by atoms with Gasteiger partial charge in [0, 0.05) is 11.7 Å². The molecular weight excluding hydrogens is 362 g/mol. The number of ether oxygens (including phenoxy) is 1. The maximum Gasteiger partial charge on any atom is 0.274 e. The van der Waals surface area contributed by atoms with Crippen LogP contribution in [0, 0.1) is 0 Å². The van der Waals surface area contributed by atoms with Gasteiger partial charge in [0.1, 0.15) is 18.1 Å². The summed E-state index contributed by atoms with van der Waals surface area (Å²) in [6, 6.07) is 21.6. The number of benzene rings is 2. The molecule has 1 aliphatic rings. The van der Waals surface area contributed by atoms with Crippen molar-refractivity contribution in [2.45, 2.75) is 38.3 Å². The predicted octanol–water partition coefficient (Wildman–Crippen LogP) is 5.27. The maximum atomic E-state index is 12.4. The molecule has 1 amide bonds. The second kappa shape index (κ2) is 9.24. The van der Waals surface area contributed by atoms with Gasteiger partial charge in [0.15, 0.2) is 0 Å². The molecule has 1 aromatic heterocycles. The number of carbonyl (C=O) groups excluding carboxylic acids is 1. The minimum atomic E-state index is -0.227. The molecule has 148 valence electrons. The third-order valence-corrected chi connectivity index (χ3v) is 5.08. The number of aromatic nitrogens is 1. The average molecular weight is 387 g/mol. The number of amides is 1. The number of hydrogen-bond acceptors (Lipinski definition) is 4. The molecule has 4 rings (SSSR count). The zero-order valence-electron chi connectivity index (χ0n) is 16.3. The molecule has 5 nitrogen and oxygen atoms in total. The van der Waals surface area contributed by atoms with E-state index in [1.165, 1.54) is 25.7 Å². The van der Waals surface area contributed by atoms with Crippen molar-refractivity contribution in [2.24, 2.45) is 0 Å². The fraction of sp³-hybridized carbons (Fsp3) is 0.250. The van der Waals surface area contributed by atoms with Crippen LogP contribution in [0.5, 0.6) is 5.75 Å². The quantitative estimate of drug-likeness (QED) is 0.580. The Morgan fingerprint density at radius 3 is 2.34 bits per heavy atom. The van der Waals surface area contributed by atoms with E-state index in [0.717, 1.165) is 17.0 Å². The van der Waals surface area contributed by atoms with Gasteiger partial charge in [-0.2, -0.15) is 0 Å². The summed E-state index contributed by atoms with van der Waals surface area (Å²) in [7, 11) is 0. The molecule has 29 heavy (non-hydrogen) atoms. The van der Waals surface area contributed by atoms with Crippen LogP contribution in [0.4, 0.5) is 11.4 Å². The van der Waals surface area contributed by atoms with Crippen LogP contribution in [0.15, 0.2) is 72.9 Å². The molecule has 5 heteroatoms. The number of rotatable bonds is 7. The van der Waals surface area contributed by atoms with Gasteiger partial charge in [0.05, 0.1) is 11.9 Å². The molecule has 0 unspecified atom stereocenters. The standard InChI is InChI=1S/C24H25N3O2/c28-24(23-15-12-21(16-25-23)26-19-8-4-5-9-19)27-20-10-13-22(14-11-20)29-17-18-6-2-1-3-7-18/h1-3,6-7,10-16,19,26H,4-5,8-9,17H2,(H,27,28). The first kappa shape index (κ1) is 19.0. The number of pyridine rings is 1. The smallest absolute Gasteiger partial charge is 0.274 e. The van der Waals surface area contributed by atoms with E-state index in [2.05, 4.69) is 15.6 Å². The lowest BCUT2D eigenvalue weighted by molar-refractivity contribution is 0.102. The Morgan fingerprint density at radius 2 is 1.66 bits per heavy atom. The van der Waals surface area contributed by atoms with E-state index in [0.29, 0.717) is 24.0 Å². The van der Waals surface area contributed by atoms with E-state index in [1.807, 2.05) is 60.7 Å². The highest BCUT2D eigenvalue weighted by Gasteiger charge is 2.15. The minimum absolute atomic E-state index is 0.227. The van der Waals surface area contributed by atoms with Crippen molar-refractivity contribution < 1.29 is 9.53 Å². The molecule has 2 aromatic carbocycles. The van der Waals surface area contributed by atoms with E-state index >= 15 is 0 Å². The molecule has 3 aromatic rings. The lowest BCUT2D eigenvalue weighted by atomic mass is 10.2. The first-order valence-electron chi connectivity index (χ1n) is 10.1. The predicted molar refractivity (Wildman–Crippen MR) is 115 cm³/mol. The molecule has 2 N–H and O–H groups in total. The Kier molecular flexibility index (Phi) is 6.05. The fourth-order valence-electron chi connectivity index (χ4n) is 3.49. The average Bonchev–Trinajstić information content (AvgIpc) is 3.27. The summed E-state index contributed by atoms with van der Waals surface area (Å²) < 4.78 is 5.77. The van der Waals surface area contributed by atoms with Crippen LogP contribution < -0.4 is 15.4 Å². The largest absolute Gasteiger partial charge is 0.489 e. The first-order valence-corrected chi connectivity index (χ1v) is 10.1. The van der Waals surface area contributed by atoms with Crippen molar-refractivity contribution in [3.8, 4) is 5.75 Å². The number of carbonyl (C=O) groups is 1. The van der Waals surface area contributed by atoms with Crippen LogP contribution >= 0.6 is 0 Å². The Labute approximate surface area is 171 Å². The van der Waals surface area contributed by atoms with Crippen LogP contribution in [-0.4, -0.2) is 16.9 Å². The molecule has 1 heterocycles. The monoisotopic (exact) mass is 387 g/mol. The number of nitrogens with zero attached hydrogens (tertiary/aromatic N) is 1. The Balaban J connectivity index is 1.29. The van der Waals surface area contributed by atoms with Crippen molar-refractivity contribution in [1.82, 2.24) is 4.98 Å². The Hall–Kier alpha value is -3.34. The summed E-state index contributed by atoms with van der Waals surface area (Å²) in [5.74, 6) is 0.530. The lowest BCUT2D eigenvalue weighted by Crippen LogP contribution is -2.16. The summed E-state index contributed by atoms with van der Waals surface area (Å²) in [5, 5.41) is 6.35. The van der Waals surface area contributed by atoms with Gasteiger partial charge < -0.3 is 15.4 Å². The molecular formula is C24H25N3O2. The first-order chi connectivity index (χ1) is 14.3. The van der Waals surface area contributed by atoms with Gasteiger partial charge in [-0.25, -0.2) is 4.98 Å². The fourth-order valence-corrected chi connectivity index (χ4v) is 3.49. The van der Waals surface area contributed by atoms with Crippen molar-refractivity contribution in [3.05, 3.63) is 84.2 Å². The van der Waals surface area contributed by atoms with E-state index < -0.39 is 0 Å². The highest BCUT2D eigenvalue weighted by atomic mass is 16.5. The van der Waals surface area contributed by atoms with Gasteiger partial charge in [0.25, 0.3) is 5.91 Å². The highest BCUT2D eigenvalue weighted by molar-refractivity contribution is 6.02. The van der Waals surface area contributed by atoms with Gasteiger partial charge >= 0.3 is 0 Å². The molecule has 1 fully saturated rings. The zero-order chi connectivity index (χ0) is 19.9. The van der Waals surface area contributed by atoms with Gasteiger partial charge in [-0.05, 0) is 54.8 Å². The van der Waals surface area contributed by atoms with Crippen molar-refractivity contribution in [2.75, 3.05) is 10.6 Å². The van der Waals surface area contributed by atoms with E-state index in [4.69, 9.17) is 4.74 Å². The topological polar surface area (TPSA) is 63.2 Å². The Bertz CT molecular complexity index is 919. The number of hydrogen-bond donors (Lipinski definition) is 2. The summed E-state index contributed by atoms with van der Waals surface area (Å²) >= 11 is 0. The van der Waals surface area contributed by atoms with Crippen LogP contribution in [0.3, 0.4) is 0 Å². The molecule has 0 saturated heterocycles. The van der Waals surface area contributed by atoms with Gasteiger partial charge in [-0.1, -0.05) is 43.2 Å². The Morgan fingerprint density at radius 1 is 0.931 bits per heavy atom. The molecule has 0 radical (unpaired) electrons. The molecule has 1 saturated carbocycles. The molecule has 0 aliphatic heterocycles. The third-order valence-electron chi connectivity index (χ3n) is 5.08. The molecule has 1 aliphatic carbocycles. The van der Waals surface area contributed by atoms with E-state index in [1.54, 1.807) is 12.3 Å². The van der Waals surface area contributed by atoms with Gasteiger partial charge in [0.2, 0.25) is 0 Å². The molecule has 0 atom stereocenters. The highest BCUT2D eigenvalue weighted by Crippen LogP contribution is 2.22. The summed E-state index contributed by atoms with van der Waals surface area (Å²) in [6.07, 6.45) is 6.69. The van der Waals surface area contributed by atoms with Crippen LogP contribution in [0.2, 0.25) is 0 Å². The van der Waals surface area contributed by atoms with Crippen molar-refractivity contribution in [1.29, 1.82) is 0 Å². The van der Waals surface area contributed by atoms with Crippen LogP contribution in [0.1, 0.15) is 41.7 Å². The lowest BCUT2D eigenvalue weighted by Gasteiger charge is -2.13. The molecule has 0 spiro atoms. The van der Waals surface area contributed by atoms with Gasteiger partial charge in [-0.3, -0.25) is 4.79 Å². The summed E-state index contributed by atoms with van der Waals surface area (Å²) in [6.45, 7) is 0.512. The summed E-state index contributed by atoms with van der Waals surface area (Å²) in [4.78, 5) is 16.7. The zero-order valence-corrected chi connectivity index (χ0v) is 16.3. The maximum absolute atomic E-state index is 12.4. The second-order valence-electron chi connectivity index (χ2n) is 7.31. The van der Waals surface area contributed by atoms with E-state index in [9.17, 15) is 4.79 Å². The second-order valence-corrected chi connectivity index (χ2v) is 7.31. The van der Waals surface area contributed by atoms with Crippen LogP contribution in [0.25, 0.3) is 0 Å². The summed E-state index contributed by atoms with van der Waals surface area (Å²) in [5.41, 5.74) is 3.18. The third kappa shape index (κ3) is 5.35. The molecule has 0 bridgehead atoms. The van der Waals surface area contributed by atoms with Crippen LogP contribution in [-0.2, 0) is 6.61 Å². The van der Waals surface area contributed by atoms with Crippen molar-refractivity contribution >= 4 is 17.3 Å². The SMILES string of the molecule is O=C(Nc1ccc(OCc2ccccc2)cc1)c1ccc(NC2CCCC2)cn1. The number of nitrogens with one attached hydrogen (secondary N) is 2. The van der Waals surface area contributed by atoms with E-state index in [-0.39, 0.29) is 5.91 Å². The van der Waals surface area contributed by atoms with Crippen molar-refractivity contribution in [3.63, 3.8) is 0 Å². The van der Waals surface area contributed by atoms with Gasteiger partial charge in [-0.15, -0.1) is 0 Å².